The lowest BCUT2D eigenvalue weighted by molar-refractivity contribution is -0.137. The number of nitrogens with zero attached hydrogens (tertiary/aromatic N) is 2. The number of halogens is 3. The van der Waals surface area contributed by atoms with Crippen molar-refractivity contribution in [1.29, 1.82) is 0 Å². The maximum atomic E-state index is 13.7. The van der Waals surface area contributed by atoms with Crippen molar-refractivity contribution in [3.05, 3.63) is 23.8 Å². The van der Waals surface area contributed by atoms with E-state index in [0.29, 0.717) is 25.7 Å². The first kappa shape index (κ1) is 23.4. The van der Waals surface area contributed by atoms with Gasteiger partial charge in [0.2, 0.25) is 12.3 Å². The van der Waals surface area contributed by atoms with E-state index in [2.05, 4.69) is 5.32 Å². The summed E-state index contributed by atoms with van der Waals surface area (Å²) < 4.78 is 41.2. The second-order valence-corrected chi connectivity index (χ2v) is 8.79. The average molecular weight is 440 g/mol. The molecule has 1 aliphatic heterocycles. The maximum Gasteiger partial charge on any atom is 0.418 e. The number of amides is 2. The SMILES string of the molecule is CC(=O)Nc1ccc(N2CCCC(CCN(C=O)C3CCCCC3)C2)c(C(F)(F)F)c1. The predicted octanol–water partition coefficient (Wildman–Crippen LogP) is 5.06. The monoisotopic (exact) mass is 439 g/mol. The Labute approximate surface area is 182 Å². The summed E-state index contributed by atoms with van der Waals surface area (Å²) >= 11 is 0. The summed E-state index contributed by atoms with van der Waals surface area (Å²) in [5, 5.41) is 2.43. The highest BCUT2D eigenvalue weighted by Crippen LogP contribution is 2.40. The van der Waals surface area contributed by atoms with Crippen LogP contribution in [0.5, 0.6) is 0 Å². The summed E-state index contributed by atoms with van der Waals surface area (Å²) in [6.45, 7) is 3.05. The number of benzene rings is 1. The van der Waals surface area contributed by atoms with E-state index in [1.165, 1.54) is 25.5 Å². The van der Waals surface area contributed by atoms with Crippen LogP contribution in [0, 0.1) is 5.92 Å². The van der Waals surface area contributed by atoms with Crippen LogP contribution in [0.1, 0.15) is 63.9 Å². The number of alkyl halides is 3. The minimum atomic E-state index is -4.51. The zero-order chi connectivity index (χ0) is 22.4. The Balaban J connectivity index is 1.68. The molecule has 2 amide bonds. The van der Waals surface area contributed by atoms with Gasteiger partial charge in [0.25, 0.3) is 0 Å². The number of rotatable bonds is 7. The van der Waals surface area contributed by atoms with E-state index in [1.54, 1.807) is 4.90 Å². The fourth-order valence-corrected chi connectivity index (χ4v) is 4.91. The Morgan fingerprint density at radius 3 is 2.58 bits per heavy atom. The zero-order valence-electron chi connectivity index (χ0n) is 18.1. The van der Waals surface area contributed by atoms with Crippen molar-refractivity contribution >= 4 is 23.7 Å². The van der Waals surface area contributed by atoms with Crippen molar-refractivity contribution in [3.8, 4) is 0 Å². The van der Waals surface area contributed by atoms with Crippen molar-refractivity contribution < 1.29 is 22.8 Å². The number of carbonyl (C=O) groups is 2. The van der Waals surface area contributed by atoms with Gasteiger partial charge in [-0.1, -0.05) is 19.3 Å². The molecule has 1 atom stereocenters. The summed E-state index contributed by atoms with van der Waals surface area (Å²) in [4.78, 5) is 26.5. The topological polar surface area (TPSA) is 52.7 Å². The molecular formula is C23H32F3N3O2. The van der Waals surface area contributed by atoms with E-state index in [-0.39, 0.29) is 17.3 Å². The third kappa shape index (κ3) is 6.37. The minimum absolute atomic E-state index is 0.145. The summed E-state index contributed by atoms with van der Waals surface area (Å²) in [5.41, 5.74) is -0.423. The quantitative estimate of drug-likeness (QED) is 0.604. The number of hydrogen-bond acceptors (Lipinski definition) is 3. The molecule has 31 heavy (non-hydrogen) atoms. The Kier molecular flexibility index (Phi) is 7.84. The Morgan fingerprint density at radius 2 is 1.94 bits per heavy atom. The van der Waals surface area contributed by atoms with Gasteiger partial charge in [0.15, 0.2) is 0 Å². The first-order valence-electron chi connectivity index (χ1n) is 11.2. The maximum absolute atomic E-state index is 13.7. The molecule has 172 valence electrons. The van der Waals surface area contributed by atoms with Gasteiger partial charge in [-0.05, 0) is 56.2 Å². The average Bonchev–Trinajstić information content (AvgIpc) is 2.74. The molecule has 8 heteroatoms. The summed E-state index contributed by atoms with van der Waals surface area (Å²) in [5.74, 6) is -0.160. The molecule has 1 aromatic rings. The van der Waals surface area contributed by atoms with Gasteiger partial charge in [-0.25, -0.2) is 0 Å². The molecule has 2 fully saturated rings. The van der Waals surface area contributed by atoms with Gasteiger partial charge in [0.05, 0.1) is 5.56 Å². The summed E-state index contributed by atoms with van der Waals surface area (Å²) in [6.07, 6.45) is 4.64. The van der Waals surface area contributed by atoms with E-state index >= 15 is 0 Å². The van der Waals surface area contributed by atoms with Crippen molar-refractivity contribution in [1.82, 2.24) is 4.90 Å². The third-order valence-corrected chi connectivity index (χ3v) is 6.46. The van der Waals surface area contributed by atoms with E-state index < -0.39 is 17.6 Å². The number of carbonyl (C=O) groups excluding carboxylic acids is 2. The van der Waals surface area contributed by atoms with E-state index in [9.17, 15) is 22.8 Å². The van der Waals surface area contributed by atoms with E-state index in [0.717, 1.165) is 57.4 Å². The zero-order valence-corrected chi connectivity index (χ0v) is 18.1. The van der Waals surface area contributed by atoms with Crippen LogP contribution in [-0.4, -0.2) is 42.9 Å². The molecule has 1 saturated carbocycles. The molecule has 1 aliphatic carbocycles. The van der Waals surface area contributed by atoms with Crippen LogP contribution >= 0.6 is 0 Å². The number of anilines is 2. The van der Waals surface area contributed by atoms with Gasteiger partial charge in [-0.15, -0.1) is 0 Å². The smallest absolute Gasteiger partial charge is 0.371 e. The minimum Gasteiger partial charge on any atom is -0.371 e. The lowest BCUT2D eigenvalue weighted by Gasteiger charge is -2.37. The van der Waals surface area contributed by atoms with Gasteiger partial charge < -0.3 is 15.1 Å². The first-order valence-corrected chi connectivity index (χ1v) is 11.2. The molecule has 1 heterocycles. The van der Waals surface area contributed by atoms with E-state index in [1.807, 2.05) is 4.90 Å². The van der Waals surface area contributed by atoms with Gasteiger partial charge in [-0.2, -0.15) is 13.2 Å². The predicted molar refractivity (Wildman–Crippen MR) is 115 cm³/mol. The van der Waals surface area contributed by atoms with Gasteiger partial charge in [-0.3, -0.25) is 9.59 Å². The van der Waals surface area contributed by atoms with Crippen LogP contribution in [0.2, 0.25) is 0 Å². The second-order valence-electron chi connectivity index (χ2n) is 8.79. The first-order chi connectivity index (χ1) is 14.8. The molecule has 0 spiro atoms. The Hall–Kier alpha value is -2.25. The largest absolute Gasteiger partial charge is 0.418 e. The van der Waals surface area contributed by atoms with E-state index in [4.69, 9.17) is 0 Å². The Morgan fingerprint density at radius 1 is 1.19 bits per heavy atom. The van der Waals surface area contributed by atoms with Crippen LogP contribution in [-0.2, 0) is 15.8 Å². The van der Waals surface area contributed by atoms with Crippen molar-refractivity contribution in [2.75, 3.05) is 29.9 Å². The fraction of sp³-hybridized carbons (Fsp3) is 0.652. The molecule has 3 rings (SSSR count). The van der Waals surface area contributed by atoms with Crippen LogP contribution in [0.15, 0.2) is 18.2 Å². The third-order valence-electron chi connectivity index (χ3n) is 6.46. The van der Waals surface area contributed by atoms with Crippen LogP contribution in [0.3, 0.4) is 0 Å². The molecule has 1 N–H and O–H groups in total. The molecule has 1 aromatic carbocycles. The second kappa shape index (κ2) is 10.4. The lowest BCUT2D eigenvalue weighted by Crippen LogP contribution is -2.40. The molecule has 0 aromatic heterocycles. The number of nitrogens with one attached hydrogen (secondary N) is 1. The molecule has 1 unspecified atom stereocenters. The van der Waals surface area contributed by atoms with Crippen LogP contribution in [0.4, 0.5) is 24.5 Å². The van der Waals surface area contributed by atoms with Crippen molar-refractivity contribution in [3.63, 3.8) is 0 Å². The Bertz CT molecular complexity index is 763. The molecular weight excluding hydrogens is 407 g/mol. The normalized spacial score (nSPS) is 20.4. The van der Waals surface area contributed by atoms with Crippen molar-refractivity contribution in [2.24, 2.45) is 5.92 Å². The van der Waals surface area contributed by atoms with Gasteiger partial charge >= 0.3 is 6.18 Å². The fourth-order valence-electron chi connectivity index (χ4n) is 4.91. The molecule has 0 bridgehead atoms. The molecule has 0 radical (unpaired) electrons. The van der Waals surface area contributed by atoms with Gasteiger partial charge in [0, 0.05) is 44.0 Å². The van der Waals surface area contributed by atoms with Crippen LogP contribution in [0.25, 0.3) is 0 Å². The van der Waals surface area contributed by atoms with Crippen LogP contribution < -0.4 is 10.2 Å². The molecule has 1 saturated heterocycles. The highest BCUT2D eigenvalue weighted by atomic mass is 19.4. The van der Waals surface area contributed by atoms with Crippen molar-refractivity contribution in [2.45, 2.75) is 70.5 Å². The summed E-state index contributed by atoms with van der Waals surface area (Å²) in [6, 6.07) is 4.30. The number of hydrogen-bond donors (Lipinski definition) is 1. The summed E-state index contributed by atoms with van der Waals surface area (Å²) in [7, 11) is 0. The molecule has 5 nitrogen and oxygen atoms in total. The standard InChI is InChI=1S/C23H32F3N3O2/c1-17(31)27-19-9-10-22(21(14-19)23(24,25)26)28-12-5-6-18(15-28)11-13-29(16-30)20-7-3-2-4-8-20/h9-10,14,16,18,20H,2-8,11-13,15H2,1H3,(H,27,31). The molecule has 2 aliphatic rings. The highest BCUT2D eigenvalue weighted by molar-refractivity contribution is 5.89. The number of piperidine rings is 1. The lowest BCUT2D eigenvalue weighted by atomic mass is 9.91. The highest BCUT2D eigenvalue weighted by Gasteiger charge is 2.36. The van der Waals surface area contributed by atoms with Gasteiger partial charge in [0.1, 0.15) is 0 Å².